The van der Waals surface area contributed by atoms with Gasteiger partial charge in [-0.3, -0.25) is 9.80 Å². The smallest absolute Gasteiger partial charge is 0.328 e. The molecule has 2 amide bonds. The van der Waals surface area contributed by atoms with Crippen molar-refractivity contribution in [1.29, 1.82) is 0 Å². The molecule has 30 heavy (non-hydrogen) atoms. The second-order valence-electron chi connectivity index (χ2n) is 8.13. The van der Waals surface area contributed by atoms with Crippen LogP contribution in [0.25, 0.3) is 17.0 Å². The molecular formula is C25H30N4O. The number of nitrogens with zero attached hydrogens (tertiary/aromatic N) is 3. The maximum atomic E-state index is 13.0. The van der Waals surface area contributed by atoms with Gasteiger partial charge in [-0.15, -0.1) is 0 Å². The minimum absolute atomic E-state index is 0.0336. The fraction of sp³-hybridized carbons (Fsp3) is 0.320. The molecule has 1 aromatic heterocycles. The molecule has 5 heteroatoms. The molecule has 0 radical (unpaired) electrons. The fourth-order valence-corrected chi connectivity index (χ4v) is 4.58. The highest BCUT2D eigenvalue weighted by Crippen LogP contribution is 2.48. The third-order valence-electron chi connectivity index (χ3n) is 6.25. The highest BCUT2D eigenvalue weighted by molar-refractivity contribution is 6.07. The summed E-state index contributed by atoms with van der Waals surface area (Å²) in [5.41, 5.74) is 8.63. The largest absolute Gasteiger partial charge is 0.339 e. The summed E-state index contributed by atoms with van der Waals surface area (Å²) in [6, 6.07) is 10.4. The van der Waals surface area contributed by atoms with Crippen LogP contribution >= 0.6 is 0 Å². The zero-order chi connectivity index (χ0) is 21.6. The lowest BCUT2D eigenvalue weighted by molar-refractivity contribution is 0.231. The predicted octanol–water partition coefficient (Wildman–Crippen LogP) is 5.18. The van der Waals surface area contributed by atoms with E-state index in [1.807, 2.05) is 13.1 Å². The molecule has 2 aliphatic heterocycles. The van der Waals surface area contributed by atoms with E-state index in [-0.39, 0.29) is 12.1 Å². The van der Waals surface area contributed by atoms with Gasteiger partial charge in [0.25, 0.3) is 0 Å². The first kappa shape index (κ1) is 20.2. The minimum Gasteiger partial charge on any atom is -0.339 e. The summed E-state index contributed by atoms with van der Waals surface area (Å²) in [6.45, 7) is 12.3. The van der Waals surface area contributed by atoms with Crippen molar-refractivity contribution in [3.8, 4) is 11.3 Å². The molecule has 0 fully saturated rings. The SMILES string of the molecule is C=C1c2c(c3n(c2-c2ccccc2)CCNC3/C(C)=C/C(C)=C\C)N(C)C(=O)N1C. The lowest BCUT2D eigenvalue weighted by Gasteiger charge is -2.35. The number of allylic oxidation sites excluding steroid dienone is 3. The lowest BCUT2D eigenvalue weighted by atomic mass is 9.97. The standard InChI is InChI=1S/C25H30N4O/c1-7-16(2)15-17(3)21-24-23-20(18(4)27(5)25(30)28(23)6)22(29(24)14-13-26-21)19-11-9-8-10-12-19/h7-12,15,21,26H,4,13-14H2,1-3,5-6H3/b16-7-,17-15+. The van der Waals surface area contributed by atoms with E-state index in [4.69, 9.17) is 0 Å². The summed E-state index contributed by atoms with van der Waals surface area (Å²) in [6.07, 6.45) is 4.34. The monoisotopic (exact) mass is 402 g/mol. The molecule has 4 rings (SSSR count). The Labute approximate surface area is 179 Å². The molecule has 1 unspecified atom stereocenters. The number of carbonyl (C=O) groups is 1. The maximum Gasteiger partial charge on any atom is 0.328 e. The van der Waals surface area contributed by atoms with Gasteiger partial charge in [-0.25, -0.2) is 4.79 Å². The molecule has 5 nitrogen and oxygen atoms in total. The van der Waals surface area contributed by atoms with Crippen molar-refractivity contribution in [2.24, 2.45) is 0 Å². The molecule has 0 aliphatic carbocycles. The van der Waals surface area contributed by atoms with Crippen LogP contribution in [0.3, 0.4) is 0 Å². The lowest BCUT2D eigenvalue weighted by Crippen LogP contribution is -2.43. The second kappa shape index (κ2) is 7.65. The third kappa shape index (κ3) is 3.01. The number of rotatable bonds is 3. The molecule has 0 bridgehead atoms. The van der Waals surface area contributed by atoms with Crippen molar-refractivity contribution in [3.05, 3.63) is 71.5 Å². The average molecular weight is 403 g/mol. The Hall–Kier alpha value is -3.05. The van der Waals surface area contributed by atoms with Gasteiger partial charge in [0.2, 0.25) is 0 Å². The third-order valence-corrected chi connectivity index (χ3v) is 6.25. The molecule has 0 saturated carbocycles. The highest BCUT2D eigenvalue weighted by atomic mass is 16.2. The van der Waals surface area contributed by atoms with E-state index in [1.165, 1.54) is 11.1 Å². The van der Waals surface area contributed by atoms with Crippen molar-refractivity contribution >= 4 is 17.4 Å². The van der Waals surface area contributed by atoms with Gasteiger partial charge >= 0.3 is 6.03 Å². The van der Waals surface area contributed by atoms with Crippen molar-refractivity contribution in [2.75, 3.05) is 25.5 Å². The zero-order valence-corrected chi connectivity index (χ0v) is 18.5. The van der Waals surface area contributed by atoms with E-state index in [0.717, 1.165) is 47.0 Å². The van der Waals surface area contributed by atoms with Crippen LogP contribution in [-0.2, 0) is 6.54 Å². The Morgan fingerprint density at radius 2 is 1.87 bits per heavy atom. The number of anilines is 1. The predicted molar refractivity (Wildman–Crippen MR) is 124 cm³/mol. The Bertz CT molecular complexity index is 1070. The van der Waals surface area contributed by atoms with E-state index in [2.05, 4.69) is 73.7 Å². The van der Waals surface area contributed by atoms with E-state index in [1.54, 1.807) is 16.8 Å². The maximum absolute atomic E-state index is 13.0. The van der Waals surface area contributed by atoms with Gasteiger partial charge in [0.15, 0.2) is 0 Å². The Morgan fingerprint density at radius 1 is 1.17 bits per heavy atom. The molecule has 1 N–H and O–H groups in total. The minimum atomic E-state index is -0.0592. The normalized spacial score (nSPS) is 19.8. The van der Waals surface area contributed by atoms with Crippen LogP contribution in [0.5, 0.6) is 0 Å². The van der Waals surface area contributed by atoms with Crippen molar-refractivity contribution in [1.82, 2.24) is 14.8 Å². The van der Waals surface area contributed by atoms with Crippen LogP contribution in [0, 0.1) is 0 Å². The Morgan fingerprint density at radius 3 is 2.53 bits per heavy atom. The van der Waals surface area contributed by atoms with Crippen LogP contribution in [0.1, 0.15) is 38.1 Å². The van der Waals surface area contributed by atoms with Crippen molar-refractivity contribution in [2.45, 2.75) is 33.4 Å². The van der Waals surface area contributed by atoms with E-state index < -0.39 is 0 Å². The molecule has 156 valence electrons. The molecule has 2 aliphatic rings. The summed E-state index contributed by atoms with van der Waals surface area (Å²) in [5, 5.41) is 3.68. The number of hydrogen-bond acceptors (Lipinski definition) is 2. The number of amides is 2. The number of fused-ring (bicyclic) bond motifs is 3. The van der Waals surface area contributed by atoms with Gasteiger partial charge in [-0.2, -0.15) is 0 Å². The summed E-state index contributed by atoms with van der Waals surface area (Å²) in [5.74, 6) is 0. The first-order valence-corrected chi connectivity index (χ1v) is 10.4. The zero-order valence-electron chi connectivity index (χ0n) is 18.5. The van der Waals surface area contributed by atoms with Crippen LogP contribution in [-0.4, -0.2) is 36.1 Å². The quantitative estimate of drug-likeness (QED) is 0.718. The van der Waals surface area contributed by atoms with Gasteiger partial charge in [-0.1, -0.05) is 60.2 Å². The molecule has 1 aromatic carbocycles. The first-order valence-electron chi connectivity index (χ1n) is 10.4. The van der Waals surface area contributed by atoms with Gasteiger partial charge in [-0.05, 0) is 26.3 Å². The van der Waals surface area contributed by atoms with Gasteiger partial charge < -0.3 is 9.88 Å². The summed E-state index contributed by atoms with van der Waals surface area (Å²) in [4.78, 5) is 16.4. The Kier molecular flexibility index (Phi) is 5.16. The summed E-state index contributed by atoms with van der Waals surface area (Å²) < 4.78 is 2.39. The van der Waals surface area contributed by atoms with Gasteiger partial charge in [0.05, 0.1) is 23.1 Å². The van der Waals surface area contributed by atoms with E-state index in [9.17, 15) is 4.79 Å². The number of carbonyl (C=O) groups excluding carboxylic acids is 1. The Balaban J connectivity index is 2.04. The van der Waals surface area contributed by atoms with Gasteiger partial charge in [0, 0.05) is 38.4 Å². The van der Waals surface area contributed by atoms with Crippen LogP contribution in [0.2, 0.25) is 0 Å². The topological polar surface area (TPSA) is 40.5 Å². The number of benzene rings is 1. The van der Waals surface area contributed by atoms with E-state index in [0.29, 0.717) is 0 Å². The van der Waals surface area contributed by atoms with E-state index >= 15 is 0 Å². The number of hydrogen-bond donors (Lipinski definition) is 1. The van der Waals surface area contributed by atoms with Crippen LogP contribution in [0.4, 0.5) is 10.5 Å². The first-order chi connectivity index (χ1) is 14.4. The van der Waals surface area contributed by atoms with Crippen molar-refractivity contribution < 1.29 is 4.79 Å². The second-order valence-corrected chi connectivity index (χ2v) is 8.13. The molecule has 3 heterocycles. The summed E-state index contributed by atoms with van der Waals surface area (Å²) >= 11 is 0. The van der Waals surface area contributed by atoms with Gasteiger partial charge in [0.1, 0.15) is 0 Å². The number of aromatic nitrogens is 1. The fourth-order valence-electron chi connectivity index (χ4n) is 4.58. The molecule has 1 atom stereocenters. The summed E-state index contributed by atoms with van der Waals surface area (Å²) in [7, 11) is 3.66. The molecule has 0 spiro atoms. The number of urea groups is 1. The average Bonchev–Trinajstić information content (AvgIpc) is 3.12. The van der Waals surface area contributed by atoms with Crippen LogP contribution in [0.15, 0.2) is 60.2 Å². The van der Waals surface area contributed by atoms with Crippen molar-refractivity contribution in [3.63, 3.8) is 0 Å². The highest BCUT2D eigenvalue weighted by Gasteiger charge is 2.40. The van der Waals surface area contributed by atoms with Crippen LogP contribution < -0.4 is 10.2 Å². The molecule has 0 saturated heterocycles. The number of nitrogens with one attached hydrogen (secondary N) is 1. The molecule has 2 aromatic rings. The molecular weight excluding hydrogens is 372 g/mol.